The summed E-state index contributed by atoms with van der Waals surface area (Å²) in [6, 6.07) is 4.83. The first kappa shape index (κ1) is 19.5. The van der Waals surface area contributed by atoms with E-state index in [2.05, 4.69) is 11.7 Å². The van der Waals surface area contributed by atoms with Crippen molar-refractivity contribution in [1.82, 2.24) is 0 Å². The van der Waals surface area contributed by atoms with Gasteiger partial charge >= 0.3 is 6.36 Å². The monoisotopic (exact) mass is 398 g/mol. The standard InChI is InChI=1S/C22H23F5O/c1-12-2-3-14-7-15(5-4-13(14)6-12)16-8-17-10-20(24)21(28-22(25,26)27)11-18(17)19(23)9-16/h8-15H,2-7H2,1H3/t12-,13?,14-,15?/m1/s1. The van der Waals surface area contributed by atoms with Crippen LogP contribution in [0.25, 0.3) is 10.8 Å². The van der Waals surface area contributed by atoms with Crippen molar-refractivity contribution in [3.05, 3.63) is 41.5 Å². The molecule has 0 spiro atoms. The lowest BCUT2D eigenvalue weighted by molar-refractivity contribution is -0.275. The van der Waals surface area contributed by atoms with Crippen molar-refractivity contribution in [3.63, 3.8) is 0 Å². The van der Waals surface area contributed by atoms with Crippen LogP contribution in [0.1, 0.15) is 56.9 Å². The Hall–Kier alpha value is -1.85. The third kappa shape index (κ3) is 3.96. The first-order valence-corrected chi connectivity index (χ1v) is 9.88. The average Bonchev–Trinajstić information content (AvgIpc) is 2.61. The minimum Gasteiger partial charge on any atom is -0.403 e. The Balaban J connectivity index is 1.62. The predicted octanol–water partition coefficient (Wildman–Crippen LogP) is 7.34. The van der Waals surface area contributed by atoms with Gasteiger partial charge in [0.2, 0.25) is 0 Å². The van der Waals surface area contributed by atoms with Gasteiger partial charge in [-0.1, -0.05) is 19.4 Å². The van der Waals surface area contributed by atoms with Crippen molar-refractivity contribution in [3.8, 4) is 5.75 Å². The number of fused-ring (bicyclic) bond motifs is 2. The summed E-state index contributed by atoms with van der Waals surface area (Å²) in [5.74, 6) is -0.429. The molecule has 6 heteroatoms. The third-order valence-corrected chi connectivity index (χ3v) is 6.55. The number of halogens is 5. The van der Waals surface area contributed by atoms with E-state index in [1.54, 1.807) is 6.07 Å². The van der Waals surface area contributed by atoms with Crippen molar-refractivity contribution in [2.75, 3.05) is 0 Å². The molecule has 0 aliphatic heterocycles. The van der Waals surface area contributed by atoms with Crippen molar-refractivity contribution in [1.29, 1.82) is 0 Å². The van der Waals surface area contributed by atoms with Crippen molar-refractivity contribution in [2.24, 2.45) is 17.8 Å². The maximum absolute atomic E-state index is 14.7. The molecule has 0 aromatic heterocycles. The van der Waals surface area contributed by atoms with E-state index < -0.39 is 23.7 Å². The van der Waals surface area contributed by atoms with Gasteiger partial charge in [-0.2, -0.15) is 0 Å². The van der Waals surface area contributed by atoms with Gasteiger partial charge < -0.3 is 4.74 Å². The summed E-state index contributed by atoms with van der Waals surface area (Å²) in [6.07, 6.45) is 1.75. The Morgan fingerprint density at radius 3 is 2.32 bits per heavy atom. The van der Waals surface area contributed by atoms with Gasteiger partial charge in [0.1, 0.15) is 5.82 Å². The molecule has 2 aliphatic rings. The Bertz CT molecular complexity index is 875. The van der Waals surface area contributed by atoms with Crippen LogP contribution in [0.2, 0.25) is 0 Å². The van der Waals surface area contributed by atoms with Crippen LogP contribution in [0.5, 0.6) is 5.75 Å². The third-order valence-electron chi connectivity index (χ3n) is 6.55. The van der Waals surface area contributed by atoms with Gasteiger partial charge in [-0.25, -0.2) is 8.78 Å². The molecule has 0 N–H and O–H groups in total. The van der Waals surface area contributed by atoms with E-state index in [1.165, 1.54) is 25.3 Å². The first-order valence-electron chi connectivity index (χ1n) is 9.88. The molecule has 1 nitrogen and oxygen atoms in total. The lowest BCUT2D eigenvalue weighted by atomic mass is 9.64. The number of ether oxygens (including phenoxy) is 1. The van der Waals surface area contributed by atoms with E-state index in [0.717, 1.165) is 48.8 Å². The number of rotatable bonds is 2. The second kappa shape index (κ2) is 7.20. The van der Waals surface area contributed by atoms with Gasteiger partial charge in [0.15, 0.2) is 11.6 Å². The first-order chi connectivity index (χ1) is 13.2. The lowest BCUT2D eigenvalue weighted by Crippen LogP contribution is -2.29. The van der Waals surface area contributed by atoms with Crippen LogP contribution in [0.4, 0.5) is 22.0 Å². The fourth-order valence-corrected chi connectivity index (χ4v) is 5.21. The zero-order chi connectivity index (χ0) is 20.1. The highest BCUT2D eigenvalue weighted by Crippen LogP contribution is 2.48. The fraction of sp³-hybridized carbons (Fsp3) is 0.545. The van der Waals surface area contributed by atoms with Crippen molar-refractivity contribution < 1.29 is 26.7 Å². The molecule has 2 aromatic rings. The minimum atomic E-state index is -5.03. The maximum atomic E-state index is 14.7. The van der Waals surface area contributed by atoms with Gasteiger partial charge in [-0.15, -0.1) is 13.2 Å². The Kier molecular flexibility index (Phi) is 5.00. The zero-order valence-corrected chi connectivity index (χ0v) is 15.7. The van der Waals surface area contributed by atoms with Crippen LogP contribution in [0.15, 0.2) is 24.3 Å². The summed E-state index contributed by atoms with van der Waals surface area (Å²) < 4.78 is 69.6. The van der Waals surface area contributed by atoms with Crippen LogP contribution >= 0.6 is 0 Å². The molecule has 2 fully saturated rings. The SMILES string of the molecule is C[C@@H]1CC[C@@H]2CC(c3cc(F)c4cc(OC(F)(F)F)c(F)cc4c3)CCC2C1. The molecule has 0 bridgehead atoms. The van der Waals surface area contributed by atoms with Crippen LogP contribution in [-0.4, -0.2) is 6.36 Å². The summed E-state index contributed by atoms with van der Waals surface area (Å²) in [6.45, 7) is 2.30. The molecule has 0 amide bonds. The highest BCUT2D eigenvalue weighted by Gasteiger charge is 2.35. The van der Waals surface area contributed by atoms with Gasteiger partial charge in [-0.3, -0.25) is 0 Å². The van der Waals surface area contributed by atoms with Gasteiger partial charge in [0.25, 0.3) is 0 Å². The average molecular weight is 398 g/mol. The number of alkyl halides is 3. The van der Waals surface area contributed by atoms with Crippen LogP contribution in [-0.2, 0) is 0 Å². The van der Waals surface area contributed by atoms with Gasteiger partial charge in [0, 0.05) is 5.39 Å². The van der Waals surface area contributed by atoms with Crippen molar-refractivity contribution >= 4 is 10.8 Å². The minimum absolute atomic E-state index is 0.0652. The largest absolute Gasteiger partial charge is 0.573 e. The van der Waals surface area contributed by atoms with E-state index in [0.29, 0.717) is 5.92 Å². The Morgan fingerprint density at radius 1 is 0.857 bits per heavy atom. The zero-order valence-electron chi connectivity index (χ0n) is 15.7. The summed E-state index contributed by atoms with van der Waals surface area (Å²) in [5, 5.41) is 0.200. The molecule has 2 aliphatic carbocycles. The fourth-order valence-electron chi connectivity index (χ4n) is 5.21. The molecule has 152 valence electrons. The Labute approximate surface area is 160 Å². The van der Waals surface area contributed by atoms with E-state index in [1.807, 2.05) is 0 Å². The number of hydrogen-bond acceptors (Lipinski definition) is 1. The molecular weight excluding hydrogens is 375 g/mol. The predicted molar refractivity (Wildman–Crippen MR) is 97.1 cm³/mol. The summed E-state index contributed by atoms with van der Waals surface area (Å²) in [4.78, 5) is 0. The highest BCUT2D eigenvalue weighted by molar-refractivity contribution is 5.85. The van der Waals surface area contributed by atoms with Crippen molar-refractivity contribution in [2.45, 2.75) is 57.7 Å². The number of benzene rings is 2. The summed E-state index contributed by atoms with van der Waals surface area (Å²) in [7, 11) is 0. The topological polar surface area (TPSA) is 9.23 Å². The highest BCUT2D eigenvalue weighted by atomic mass is 19.4. The van der Waals surface area contributed by atoms with Crippen LogP contribution < -0.4 is 4.74 Å². The van der Waals surface area contributed by atoms with E-state index in [9.17, 15) is 22.0 Å². The molecular formula is C22H23F5O. The molecule has 2 unspecified atom stereocenters. The van der Waals surface area contributed by atoms with Gasteiger partial charge in [-0.05, 0) is 84.9 Å². The van der Waals surface area contributed by atoms with E-state index in [4.69, 9.17) is 0 Å². The van der Waals surface area contributed by atoms with Gasteiger partial charge in [0.05, 0.1) is 0 Å². The molecule has 4 rings (SSSR count). The maximum Gasteiger partial charge on any atom is 0.573 e. The molecule has 0 heterocycles. The quantitative estimate of drug-likeness (QED) is 0.481. The molecule has 0 radical (unpaired) electrons. The number of hydrogen-bond donors (Lipinski definition) is 0. The summed E-state index contributed by atoms with van der Waals surface area (Å²) >= 11 is 0. The van der Waals surface area contributed by atoms with Crippen LogP contribution in [0.3, 0.4) is 0 Å². The van der Waals surface area contributed by atoms with E-state index in [-0.39, 0.29) is 16.7 Å². The normalized spacial score (nSPS) is 28.2. The van der Waals surface area contributed by atoms with Crippen LogP contribution in [0, 0.1) is 29.4 Å². The molecule has 28 heavy (non-hydrogen) atoms. The molecule has 4 atom stereocenters. The summed E-state index contributed by atoms with van der Waals surface area (Å²) in [5.41, 5.74) is 0.811. The second-order valence-electron chi connectivity index (χ2n) is 8.50. The molecule has 2 aromatic carbocycles. The lowest BCUT2D eigenvalue weighted by Gasteiger charge is -2.41. The second-order valence-corrected chi connectivity index (χ2v) is 8.50. The smallest absolute Gasteiger partial charge is 0.403 e. The molecule has 0 saturated heterocycles. The Morgan fingerprint density at radius 2 is 1.57 bits per heavy atom. The molecule has 2 saturated carbocycles. The van der Waals surface area contributed by atoms with E-state index >= 15 is 0 Å².